The number of fused-ring (bicyclic) bond motifs is 4. The number of alkyl halides is 10. The fourth-order valence-electron chi connectivity index (χ4n) is 11.6. The molecule has 120 heavy (non-hydrogen) atoms. The van der Waals surface area contributed by atoms with Crippen LogP contribution >= 0.6 is 0 Å². The summed E-state index contributed by atoms with van der Waals surface area (Å²) >= 11 is 0. The van der Waals surface area contributed by atoms with Crippen molar-refractivity contribution >= 4 is 114 Å². The van der Waals surface area contributed by atoms with Gasteiger partial charge >= 0.3 is 25.6 Å². The molecule has 0 saturated heterocycles. The SMILES string of the molecule is Cc1nc2c(F)cccc2n1-c1nc(N)c(F)c(Nc2ccc(C(F)(F)F)cc2)n1.Cc1nc2c(F)cccc2n1-c1nc(N)c(F)c(Nc2ccc(OC(F)F)c(F)c2)n1.Cc1nc2c(F)cccc2n1-c1nc(N)c(F)c(Nc2ccc(OC(F)F)cc2)n1.Cc1nc2ncccc2n1-c1nc(N)c(F)c(Nc2ccc(C(F)(F)F)cc2)n1. The Bertz CT molecular complexity index is 6530. The molecular weight excluding hydrogens is 1620 g/mol. The standard InChI is InChI=1S/C19H13F5N6O.C19H13F5N6.C19H14F4N6O.C18H13F4N7/c1-8-26-15-10(20)3-2-4-12(15)30(8)19-28-16(25)14(22)17(29-19)27-9-5-6-13(11(21)7-9)31-18(23)24;1-9-26-15-12(20)3-2-4-13(15)30(9)18-28-16(25)14(21)17(29-18)27-11-7-5-10(6-8-11)19(22,23)24;1-9-25-15-12(20)3-2-4-13(15)29(9)19-27-16(24)14(21)17(28-19)26-10-5-7-11(8-6-10)30-18(22)23;1-9-25-15-12(3-2-8-24-15)29(9)17-27-14(23)13(19)16(28-17)26-11-6-4-10(5-7-11)18(20,21)22/h2-7,18H,1H3,(H3,25,27,28,29);2-8H,1H3,(H3,25,27,28,29);2-8,18H,1H3,(H3,24,26,27,28);2-8H,1H3,(H3,23,26,27,28). The van der Waals surface area contributed by atoms with Gasteiger partial charge in [-0.25, -0.2) is 42.5 Å². The molecule has 0 saturated carbocycles. The molecule has 9 heterocycles. The second-order valence-corrected chi connectivity index (χ2v) is 25.0. The van der Waals surface area contributed by atoms with E-state index in [0.717, 1.165) is 48.5 Å². The minimum Gasteiger partial charge on any atom is -0.435 e. The average Bonchev–Trinajstić information content (AvgIpc) is 1.59. The van der Waals surface area contributed by atoms with Gasteiger partial charge in [0.1, 0.15) is 45.6 Å². The molecule has 616 valence electrons. The zero-order valence-electron chi connectivity index (χ0n) is 61.3. The summed E-state index contributed by atoms with van der Waals surface area (Å²) in [6, 6.07) is 32.8. The smallest absolute Gasteiger partial charge is 0.416 e. The molecule has 16 rings (SSSR count). The van der Waals surface area contributed by atoms with Crippen molar-refractivity contribution in [2.75, 3.05) is 44.2 Å². The maximum atomic E-state index is 14.5. The van der Waals surface area contributed by atoms with E-state index in [1.807, 2.05) is 0 Å². The molecule has 0 atom stereocenters. The Balaban J connectivity index is 0.000000138. The van der Waals surface area contributed by atoms with Gasteiger partial charge in [0.05, 0.1) is 33.2 Å². The van der Waals surface area contributed by atoms with Gasteiger partial charge in [-0.3, -0.25) is 18.3 Å². The molecule has 9 aromatic heterocycles. The lowest BCUT2D eigenvalue weighted by Crippen LogP contribution is -2.11. The van der Waals surface area contributed by atoms with Gasteiger partial charge < -0.3 is 53.7 Å². The summed E-state index contributed by atoms with van der Waals surface area (Å²) in [5, 5.41) is 10.5. The van der Waals surface area contributed by atoms with Gasteiger partial charge in [0, 0.05) is 35.0 Å². The van der Waals surface area contributed by atoms with Crippen molar-refractivity contribution < 1.29 is 88.5 Å². The van der Waals surface area contributed by atoms with E-state index in [4.69, 9.17) is 22.9 Å². The second-order valence-electron chi connectivity index (χ2n) is 25.0. The number of pyridine rings is 1. The van der Waals surface area contributed by atoms with Crippen molar-refractivity contribution in [2.24, 2.45) is 0 Å². The Morgan fingerprint density at radius 2 is 0.642 bits per heavy atom. The molecule has 0 aliphatic rings. The van der Waals surface area contributed by atoms with Crippen LogP contribution in [0, 0.1) is 74.2 Å². The molecule has 45 heteroatoms. The highest BCUT2D eigenvalue weighted by Crippen LogP contribution is 2.37. The van der Waals surface area contributed by atoms with Crippen molar-refractivity contribution in [3.63, 3.8) is 0 Å². The molecule has 0 unspecified atom stereocenters. The number of anilines is 12. The predicted molar refractivity (Wildman–Crippen MR) is 403 cm³/mol. The molecular formula is C75H53F18N25O2. The Labute approximate surface area is 660 Å². The summed E-state index contributed by atoms with van der Waals surface area (Å²) in [5.74, 6) is -9.07. The van der Waals surface area contributed by atoms with Gasteiger partial charge in [-0.05, 0) is 161 Å². The number of benzene rings is 7. The van der Waals surface area contributed by atoms with E-state index in [0.29, 0.717) is 56.7 Å². The van der Waals surface area contributed by atoms with E-state index >= 15 is 0 Å². The van der Waals surface area contributed by atoms with E-state index in [1.54, 1.807) is 68.8 Å². The van der Waals surface area contributed by atoms with E-state index in [2.05, 4.69) is 95.5 Å². The third-order valence-corrected chi connectivity index (χ3v) is 17.0. The minimum atomic E-state index is -4.49. The molecule has 27 nitrogen and oxygen atoms in total. The minimum absolute atomic E-state index is 0.0136. The number of para-hydroxylation sites is 3. The highest BCUT2D eigenvalue weighted by Gasteiger charge is 2.32. The molecule has 12 N–H and O–H groups in total. The van der Waals surface area contributed by atoms with Crippen molar-refractivity contribution in [3.8, 4) is 35.3 Å². The van der Waals surface area contributed by atoms with Crippen molar-refractivity contribution in [1.29, 1.82) is 0 Å². The summed E-state index contributed by atoms with van der Waals surface area (Å²) in [6.07, 6.45) is -7.38. The quantitative estimate of drug-likeness (QED) is 0.0417. The largest absolute Gasteiger partial charge is 0.435 e. The highest BCUT2D eigenvalue weighted by molar-refractivity contribution is 5.81. The molecule has 0 radical (unpaired) electrons. The van der Waals surface area contributed by atoms with E-state index in [9.17, 15) is 79.0 Å². The number of nitrogens with one attached hydrogen (secondary N) is 4. The third kappa shape index (κ3) is 17.7. The summed E-state index contributed by atoms with van der Waals surface area (Å²) in [7, 11) is 0. The Hall–Kier alpha value is -15.4. The van der Waals surface area contributed by atoms with Gasteiger partial charge in [-0.1, -0.05) is 18.2 Å². The number of hydrogen-bond donors (Lipinski definition) is 8. The second kappa shape index (κ2) is 33.5. The van der Waals surface area contributed by atoms with Crippen LogP contribution in [-0.2, 0) is 12.4 Å². The Kier molecular flexibility index (Phi) is 23.0. The molecule has 0 aliphatic heterocycles. The third-order valence-electron chi connectivity index (χ3n) is 17.0. The predicted octanol–water partition coefficient (Wildman–Crippen LogP) is 17.5. The van der Waals surface area contributed by atoms with Gasteiger partial charge in [-0.15, -0.1) is 0 Å². The topological polar surface area (TPSA) is 358 Å². The number of aromatic nitrogens is 17. The molecule has 0 fully saturated rings. The monoisotopic (exact) mass is 1680 g/mol. The van der Waals surface area contributed by atoms with Crippen molar-refractivity contribution in [1.82, 2.24) is 83.1 Å². The van der Waals surface area contributed by atoms with E-state index in [-0.39, 0.29) is 80.6 Å². The van der Waals surface area contributed by atoms with Crippen molar-refractivity contribution in [2.45, 2.75) is 53.3 Å². The fraction of sp³-hybridized carbons (Fsp3) is 0.107. The lowest BCUT2D eigenvalue weighted by Gasteiger charge is -2.12. The van der Waals surface area contributed by atoms with Gasteiger partial charge in [0.2, 0.25) is 47.1 Å². The Morgan fingerprint density at radius 1 is 0.333 bits per heavy atom. The fourth-order valence-corrected chi connectivity index (χ4v) is 11.6. The van der Waals surface area contributed by atoms with E-state index < -0.39 is 118 Å². The number of hydrogen-bond acceptors (Lipinski definition) is 23. The normalized spacial score (nSPS) is 11.5. The summed E-state index contributed by atoms with van der Waals surface area (Å²) < 4.78 is 253. The van der Waals surface area contributed by atoms with Crippen LogP contribution in [0.3, 0.4) is 0 Å². The number of nitrogens with two attached hydrogens (primary N) is 4. The van der Waals surface area contributed by atoms with Crippen LogP contribution in [0.15, 0.2) is 164 Å². The first-order valence-electron chi connectivity index (χ1n) is 34.2. The number of rotatable bonds is 16. The average molecular weight is 1680 g/mol. The Morgan fingerprint density at radius 3 is 0.975 bits per heavy atom. The zero-order valence-corrected chi connectivity index (χ0v) is 61.3. The van der Waals surface area contributed by atoms with Crippen LogP contribution in [-0.4, -0.2) is 96.3 Å². The van der Waals surface area contributed by atoms with Gasteiger partial charge in [0.25, 0.3) is 0 Å². The maximum Gasteiger partial charge on any atom is 0.416 e. The first-order chi connectivity index (χ1) is 57.0. The highest BCUT2D eigenvalue weighted by atomic mass is 19.4. The number of halogens is 18. The van der Waals surface area contributed by atoms with Crippen LogP contribution < -0.4 is 53.7 Å². The molecule has 0 spiro atoms. The van der Waals surface area contributed by atoms with E-state index in [1.165, 1.54) is 92.6 Å². The number of nitrogens with zero attached hydrogens (tertiary/aromatic N) is 17. The number of imidazole rings is 4. The molecule has 16 aromatic rings. The number of ether oxygens (including phenoxy) is 2. The maximum absolute atomic E-state index is 14.5. The van der Waals surface area contributed by atoms with Crippen molar-refractivity contribution in [3.05, 3.63) is 245 Å². The molecule has 7 aromatic carbocycles. The van der Waals surface area contributed by atoms with Gasteiger partial charge in [-0.2, -0.15) is 101 Å². The summed E-state index contributed by atoms with van der Waals surface area (Å²) in [5.41, 5.74) is 24.1. The summed E-state index contributed by atoms with van der Waals surface area (Å²) in [6.45, 7) is 0.333. The lowest BCUT2D eigenvalue weighted by atomic mass is 10.2. The van der Waals surface area contributed by atoms with Crippen LogP contribution in [0.4, 0.5) is 148 Å². The summed E-state index contributed by atoms with van der Waals surface area (Å²) in [4.78, 5) is 53.1. The molecule has 0 bridgehead atoms. The van der Waals surface area contributed by atoms with Crippen LogP contribution in [0.2, 0.25) is 0 Å². The van der Waals surface area contributed by atoms with Crippen LogP contribution in [0.5, 0.6) is 11.5 Å². The zero-order chi connectivity index (χ0) is 86.1. The molecule has 0 aliphatic carbocycles. The van der Waals surface area contributed by atoms with Crippen LogP contribution in [0.25, 0.3) is 68.1 Å². The number of aryl methyl sites for hydroxylation is 4. The molecule has 0 amide bonds. The lowest BCUT2D eigenvalue weighted by molar-refractivity contribution is -0.138. The van der Waals surface area contributed by atoms with Gasteiger partial charge in [0.15, 0.2) is 81.2 Å². The first-order valence-corrected chi connectivity index (χ1v) is 34.2. The number of nitrogen functional groups attached to an aromatic ring is 4. The van der Waals surface area contributed by atoms with Crippen LogP contribution in [0.1, 0.15) is 34.4 Å². The first kappa shape index (κ1) is 82.6.